The number of fused-ring (bicyclic) bond motifs is 8. The molecule has 3 aromatic carbocycles. The number of aryl methyl sites for hydroxylation is 1. The number of imidazole rings is 5. The first-order valence-corrected chi connectivity index (χ1v) is 52.0. The van der Waals surface area contributed by atoms with Gasteiger partial charge in [0.25, 0.3) is 27.8 Å². The van der Waals surface area contributed by atoms with E-state index in [0.29, 0.717) is 16.2 Å². The summed E-state index contributed by atoms with van der Waals surface area (Å²) in [5, 5.41) is 13.6. The summed E-state index contributed by atoms with van der Waals surface area (Å²) in [5.74, 6) is -1.61. The minimum Gasteiger partial charge on any atom is -0.403 e. The molecule has 0 saturated carbocycles. The summed E-state index contributed by atoms with van der Waals surface area (Å²) in [7, 11) is -33.2. The van der Waals surface area contributed by atoms with Crippen LogP contribution in [0.15, 0.2) is 128 Å². The van der Waals surface area contributed by atoms with Crippen LogP contribution in [0, 0.1) is 6.92 Å². The maximum atomic E-state index is 14.8. The summed E-state index contributed by atoms with van der Waals surface area (Å²) < 4.78 is 198. The molecule has 24 atom stereocenters. The Balaban J connectivity index is 0.532. The van der Waals surface area contributed by atoms with E-state index in [1.54, 1.807) is 42.5 Å². The first-order chi connectivity index (χ1) is 68.5. The molecule has 6 aliphatic rings. The van der Waals surface area contributed by atoms with Gasteiger partial charge in [0.1, 0.15) is 122 Å². The Hall–Kier alpha value is -12.0. The van der Waals surface area contributed by atoms with Crippen molar-refractivity contribution in [2.75, 3.05) is 68.3 Å². The quantitative estimate of drug-likeness (QED) is 0.0194. The normalized spacial score (nSPS) is 27.3. The molecule has 22 N–H and O–H groups in total. The van der Waals surface area contributed by atoms with E-state index in [0.717, 1.165) is 55.2 Å². The standard InChI is InChI=1S/C74H83N27O37P6/c1-30-17-96(74(108)95-65(30)103)49-12-37(43(128-49)19-122-139(109,110)133-36-10-31-6-2-3-7-32(31)33-8-4-5-9-34(33)36)134-141(113,114)124-21-45-39(14-51(130-45)99-27-84-56-62(99)88-71(77)92-67(56)105)137-143(117,118)126-23-47-41(16-53(132-47)101-29-86-58-64(101)90-73(79)94-69(58)107)138-144(119,120)125-22-46-40(15-52(131-46)100-28-85-57-63(100)89-72(78)93-68(57)106)136-142(115,116)123-20-44-38(13-50(129-44)97-25-82-54-59(75)80-24-81-60(54)97)135-140(111,112)121-18-42-35(102)11-48(127-42)98-26-83-55-61(98)87-70(76)91-66(55)104/h2-10,17,24-29,35,37-53,102H,11-16,18-23H2,1H3,(H,109,110)(H,111,112)(H,113,114)(H,115,116)(H,117,118)(H,119,120)(H2,75,80,81)(H,95,103,108)(H3,76,87,91,104)(H3,77,88,92,105)(H3,78,89,93,106)(H3,79,90,94,107)/t35-,37-,38-,39-,40-,41-,42+,43+,44+,45+,46+,47+,48+,49+,50+,51+,52+,53+/m0/s1. The lowest BCUT2D eigenvalue weighted by molar-refractivity contribution is -0.0638. The highest BCUT2D eigenvalue weighted by Gasteiger charge is 2.53. The van der Waals surface area contributed by atoms with Gasteiger partial charge in [0, 0.05) is 55.7 Å². The van der Waals surface area contributed by atoms with Crippen LogP contribution in [-0.4, -0.2) is 255 Å². The minimum absolute atomic E-state index is 0.00462. The van der Waals surface area contributed by atoms with Gasteiger partial charge in [-0.2, -0.15) is 19.9 Å². The molecule has 144 heavy (non-hydrogen) atoms. The summed E-state index contributed by atoms with van der Waals surface area (Å²) in [6, 6.07) is 15.5. The lowest BCUT2D eigenvalue weighted by Gasteiger charge is -2.26. The molecule has 14 aromatic rings. The number of hydrogen-bond donors (Lipinski definition) is 17. The Labute approximate surface area is 798 Å². The number of aliphatic hydroxyl groups excluding tert-OH is 1. The topological polar surface area (TPSA) is 893 Å². The molecule has 0 radical (unpaired) electrons. The molecule has 64 nitrogen and oxygen atoms in total. The van der Waals surface area contributed by atoms with Gasteiger partial charge in [-0.1, -0.05) is 48.5 Å². The van der Waals surface area contributed by atoms with Gasteiger partial charge in [0.2, 0.25) is 23.8 Å². The van der Waals surface area contributed by atoms with Crippen LogP contribution in [0.5, 0.6) is 5.75 Å². The Bertz CT molecular complexity index is 8080. The number of nitrogens with two attached hydrogens (primary N) is 5. The van der Waals surface area contributed by atoms with Crippen molar-refractivity contribution in [1.29, 1.82) is 0 Å². The maximum absolute atomic E-state index is 14.8. The van der Waals surface area contributed by atoms with Crippen molar-refractivity contribution in [2.24, 2.45) is 0 Å². The van der Waals surface area contributed by atoms with E-state index in [9.17, 15) is 90.6 Å². The number of nitrogens with zero attached hydrogens (tertiary/aromatic N) is 17. The molecule has 20 rings (SSSR count). The summed E-state index contributed by atoms with van der Waals surface area (Å²) in [6.45, 7) is -4.90. The number of ether oxygens (including phenoxy) is 6. The molecular weight excluding hydrogens is 2040 g/mol. The smallest absolute Gasteiger partial charge is 0.403 e. The van der Waals surface area contributed by atoms with Gasteiger partial charge < -0.3 is 91.2 Å². The number of aromatic nitrogens is 22. The van der Waals surface area contributed by atoms with Gasteiger partial charge in [-0.15, -0.1) is 0 Å². The van der Waals surface area contributed by atoms with Crippen molar-refractivity contribution in [3.63, 3.8) is 0 Å². The average Bonchev–Trinajstić information content (AvgIpc) is 1.39. The first kappa shape index (κ1) is 99.4. The van der Waals surface area contributed by atoms with E-state index in [2.05, 4.69) is 79.7 Å². The number of phosphoric acid groups is 6. The summed E-state index contributed by atoms with van der Waals surface area (Å²) >= 11 is 0. The third kappa shape index (κ3) is 20.7. The van der Waals surface area contributed by atoms with Crippen LogP contribution in [-0.2, 0) is 106 Å². The van der Waals surface area contributed by atoms with E-state index in [1.165, 1.54) is 34.8 Å². The van der Waals surface area contributed by atoms with E-state index in [1.807, 2.05) is 6.07 Å². The van der Waals surface area contributed by atoms with Gasteiger partial charge >= 0.3 is 52.6 Å². The number of nitrogen functional groups attached to an aromatic ring is 5. The van der Waals surface area contributed by atoms with Crippen molar-refractivity contribution < 1.29 is 145 Å². The predicted octanol–water partition coefficient (Wildman–Crippen LogP) is 1.23. The zero-order valence-electron chi connectivity index (χ0n) is 73.7. The summed E-state index contributed by atoms with van der Waals surface area (Å²) in [4.78, 5) is 205. The second-order valence-corrected chi connectivity index (χ2v) is 41.9. The third-order valence-electron chi connectivity index (χ3n) is 24.0. The number of aromatic amines is 5. The number of benzene rings is 3. The first-order valence-electron chi connectivity index (χ1n) is 43.1. The Kier molecular flexibility index (Phi) is 26.8. The lowest BCUT2D eigenvalue weighted by Crippen LogP contribution is -2.33. The Morgan fingerprint density at radius 2 is 0.667 bits per heavy atom. The minimum atomic E-state index is -5.73. The van der Waals surface area contributed by atoms with Crippen LogP contribution in [0.25, 0.3) is 77.4 Å². The molecule has 6 unspecified atom stereocenters. The summed E-state index contributed by atoms with van der Waals surface area (Å²) in [6.07, 6.45) is -23.3. The van der Waals surface area contributed by atoms with Crippen LogP contribution < -0.4 is 66.7 Å². The number of nitrogens with one attached hydrogen (secondary N) is 5. The van der Waals surface area contributed by atoms with E-state index < -0.39 is 281 Å². The number of phosphoric ester groups is 6. The molecular formula is C74H83N27O37P6. The molecule has 766 valence electrons. The average molecular weight is 2130 g/mol. The highest BCUT2D eigenvalue weighted by Crippen LogP contribution is 2.58. The SMILES string of the molecule is Cc1cn([C@H]2C[C@H](OP(=O)(O)OC[C@H]3O[C@@H](n4cnc5c(=O)[nH]c(N)nc54)C[C@@H]3OP(=O)(O)OC[C@H]3O[C@@H](n4cnc5c(=O)[nH]c(N)nc54)C[C@@H]3OP(=O)(O)OC[C@H]3O[C@@H](n4cnc5c(=O)[nH]c(N)nc54)C[C@@H]3OP(=O)(O)OC[C@H]3O[C@@H](n4cnc5c(N)ncnc54)C[C@@H]3OP(=O)(O)OC[C@H]3O[C@@H](n4cnc5c(=O)[nH]c(N)nc54)C[C@@H]3O)[C@@H](COP(=O)(O)Oc3cc4ccccc4c4ccccc34)O2)c(=O)[nH]c1=O. The molecule has 6 saturated heterocycles. The fourth-order valence-electron chi connectivity index (χ4n) is 17.5. The van der Waals surface area contributed by atoms with Gasteiger partial charge in [-0.05, 0) is 29.1 Å². The Morgan fingerprint density at radius 1 is 0.361 bits per heavy atom. The van der Waals surface area contributed by atoms with Gasteiger partial charge in [-0.25, -0.2) is 67.1 Å². The number of hydrogen-bond acceptors (Lipinski definition) is 47. The summed E-state index contributed by atoms with van der Waals surface area (Å²) in [5.41, 5.74) is 23.3. The molecule has 0 spiro atoms. The lowest BCUT2D eigenvalue weighted by atomic mass is 10.0. The highest BCUT2D eigenvalue weighted by atomic mass is 31.2. The molecule has 0 bridgehead atoms. The van der Waals surface area contributed by atoms with Crippen molar-refractivity contribution in [1.82, 2.24) is 107 Å². The van der Waals surface area contributed by atoms with Crippen LogP contribution in [0.1, 0.15) is 81.5 Å². The zero-order valence-corrected chi connectivity index (χ0v) is 79.0. The van der Waals surface area contributed by atoms with Crippen LogP contribution in [0.3, 0.4) is 0 Å². The zero-order chi connectivity index (χ0) is 101. The fourth-order valence-corrected chi connectivity index (χ4v) is 23.0. The van der Waals surface area contributed by atoms with Gasteiger partial charge in [0.15, 0.2) is 56.1 Å². The molecule has 6 aliphatic heterocycles. The fraction of sp³-hybridized carbons (Fsp3) is 0.419. The van der Waals surface area contributed by atoms with Gasteiger partial charge in [-0.3, -0.25) is 131 Å². The van der Waals surface area contributed by atoms with Gasteiger partial charge in [0.05, 0.1) is 77.4 Å². The number of rotatable bonds is 36. The highest BCUT2D eigenvalue weighted by molar-refractivity contribution is 7.49. The number of H-pyrrole nitrogens is 5. The monoisotopic (exact) mass is 2130 g/mol. The van der Waals surface area contributed by atoms with Crippen molar-refractivity contribution in [2.45, 2.75) is 156 Å². The van der Waals surface area contributed by atoms with Crippen molar-refractivity contribution in [3.8, 4) is 5.75 Å². The van der Waals surface area contributed by atoms with E-state index >= 15 is 0 Å². The number of anilines is 5. The third-order valence-corrected chi connectivity index (χ3v) is 30.0. The largest absolute Gasteiger partial charge is 0.527 e. The molecule has 11 aromatic heterocycles. The molecule has 6 fully saturated rings. The van der Waals surface area contributed by atoms with E-state index in [-0.39, 0.29) is 85.3 Å². The second-order valence-electron chi connectivity index (χ2n) is 33.5. The molecule has 17 heterocycles. The van der Waals surface area contributed by atoms with E-state index in [4.69, 9.17) is 111 Å². The molecule has 70 heteroatoms. The molecule has 0 amide bonds. The van der Waals surface area contributed by atoms with Crippen molar-refractivity contribution in [3.05, 3.63) is 167 Å². The number of aliphatic hydroxyl groups is 1. The van der Waals surface area contributed by atoms with Crippen LogP contribution in [0.4, 0.5) is 29.6 Å². The Morgan fingerprint density at radius 3 is 1.04 bits per heavy atom. The maximum Gasteiger partial charge on any atom is 0.527 e. The molecule has 0 aliphatic carbocycles. The van der Waals surface area contributed by atoms with Crippen molar-refractivity contribution >= 4 is 154 Å². The van der Waals surface area contributed by atoms with Crippen LogP contribution >= 0.6 is 46.9 Å². The predicted molar refractivity (Wildman–Crippen MR) is 484 cm³/mol. The van der Waals surface area contributed by atoms with Crippen LogP contribution in [0.2, 0.25) is 0 Å². The second kappa shape index (κ2) is 38.8.